The second-order valence-electron chi connectivity index (χ2n) is 5.51. The molecule has 0 heterocycles. The third-order valence-corrected chi connectivity index (χ3v) is 3.61. The molecule has 1 aromatic rings. The average molecular weight is 232 g/mol. The standard InChI is InChI=1S/C15H24N2/c1-17(2)9-8-15(16)11-12-6-7-13-4-3-5-14(13)10-12/h6-7,10,15H,3-5,8-9,11,16H2,1-2H3. The van der Waals surface area contributed by atoms with Gasteiger partial charge in [-0.2, -0.15) is 0 Å². The molecule has 0 fully saturated rings. The van der Waals surface area contributed by atoms with E-state index in [2.05, 4.69) is 37.2 Å². The lowest BCUT2D eigenvalue weighted by Gasteiger charge is -2.15. The van der Waals surface area contributed by atoms with Gasteiger partial charge in [0.25, 0.3) is 0 Å². The summed E-state index contributed by atoms with van der Waals surface area (Å²) in [6.45, 7) is 1.08. The molecule has 1 atom stereocenters. The summed E-state index contributed by atoms with van der Waals surface area (Å²) < 4.78 is 0. The van der Waals surface area contributed by atoms with E-state index in [1.807, 2.05) is 0 Å². The third kappa shape index (κ3) is 3.55. The molecule has 1 aliphatic carbocycles. The van der Waals surface area contributed by atoms with Crippen LogP contribution in [0.15, 0.2) is 18.2 Å². The number of nitrogens with zero attached hydrogens (tertiary/aromatic N) is 1. The number of benzene rings is 1. The molecule has 2 rings (SSSR count). The lowest BCUT2D eigenvalue weighted by Crippen LogP contribution is -2.28. The minimum Gasteiger partial charge on any atom is -0.327 e. The fourth-order valence-electron chi connectivity index (χ4n) is 2.58. The monoisotopic (exact) mass is 232 g/mol. The van der Waals surface area contributed by atoms with Gasteiger partial charge in [-0.3, -0.25) is 0 Å². The molecule has 0 aliphatic heterocycles. The molecule has 0 aromatic heterocycles. The second kappa shape index (κ2) is 5.65. The number of rotatable bonds is 5. The highest BCUT2D eigenvalue weighted by Crippen LogP contribution is 2.23. The van der Waals surface area contributed by atoms with Gasteiger partial charge in [-0.25, -0.2) is 0 Å². The Labute approximate surface area is 105 Å². The van der Waals surface area contributed by atoms with Crippen molar-refractivity contribution in [3.8, 4) is 0 Å². The van der Waals surface area contributed by atoms with Gasteiger partial charge in [0.15, 0.2) is 0 Å². The summed E-state index contributed by atoms with van der Waals surface area (Å²) in [5.41, 5.74) is 10.7. The second-order valence-corrected chi connectivity index (χ2v) is 5.51. The Balaban J connectivity index is 1.90. The number of hydrogen-bond donors (Lipinski definition) is 1. The summed E-state index contributed by atoms with van der Waals surface area (Å²) in [5, 5.41) is 0. The zero-order chi connectivity index (χ0) is 12.3. The smallest absolute Gasteiger partial charge is 0.00914 e. The first-order chi connectivity index (χ1) is 8.15. The van der Waals surface area contributed by atoms with Gasteiger partial charge >= 0.3 is 0 Å². The van der Waals surface area contributed by atoms with E-state index >= 15 is 0 Å². The zero-order valence-electron chi connectivity index (χ0n) is 11.1. The van der Waals surface area contributed by atoms with Gasteiger partial charge in [-0.15, -0.1) is 0 Å². The highest BCUT2D eigenvalue weighted by atomic mass is 15.0. The van der Waals surface area contributed by atoms with Gasteiger partial charge in [0.2, 0.25) is 0 Å². The molecule has 1 aromatic carbocycles. The van der Waals surface area contributed by atoms with Crippen LogP contribution >= 0.6 is 0 Å². The van der Waals surface area contributed by atoms with Crippen molar-refractivity contribution in [2.75, 3.05) is 20.6 Å². The Morgan fingerprint density at radius 1 is 1.24 bits per heavy atom. The molecule has 0 saturated carbocycles. The van der Waals surface area contributed by atoms with Gasteiger partial charge in [-0.1, -0.05) is 18.2 Å². The normalized spacial score (nSPS) is 16.2. The van der Waals surface area contributed by atoms with Crippen LogP contribution in [0.4, 0.5) is 0 Å². The Bertz CT molecular complexity index is 371. The third-order valence-electron chi connectivity index (χ3n) is 3.61. The van der Waals surface area contributed by atoms with Crippen molar-refractivity contribution in [3.63, 3.8) is 0 Å². The van der Waals surface area contributed by atoms with Crippen molar-refractivity contribution in [1.82, 2.24) is 4.90 Å². The van der Waals surface area contributed by atoms with Crippen molar-refractivity contribution >= 4 is 0 Å². The van der Waals surface area contributed by atoms with Gasteiger partial charge in [0.05, 0.1) is 0 Å². The topological polar surface area (TPSA) is 29.3 Å². The summed E-state index contributed by atoms with van der Waals surface area (Å²) in [6.07, 6.45) is 5.94. The van der Waals surface area contributed by atoms with Crippen LogP contribution in [0.1, 0.15) is 29.5 Å². The van der Waals surface area contributed by atoms with Crippen LogP contribution in [-0.4, -0.2) is 31.6 Å². The Kier molecular flexibility index (Phi) is 4.19. The van der Waals surface area contributed by atoms with Crippen LogP contribution in [0.25, 0.3) is 0 Å². The first-order valence-electron chi connectivity index (χ1n) is 6.66. The summed E-state index contributed by atoms with van der Waals surface area (Å²) in [4.78, 5) is 2.20. The van der Waals surface area contributed by atoms with Crippen molar-refractivity contribution in [2.45, 2.75) is 38.1 Å². The summed E-state index contributed by atoms with van der Waals surface area (Å²) in [7, 11) is 4.20. The van der Waals surface area contributed by atoms with E-state index in [4.69, 9.17) is 5.73 Å². The Morgan fingerprint density at radius 3 is 2.76 bits per heavy atom. The maximum absolute atomic E-state index is 6.17. The minimum atomic E-state index is 0.289. The van der Waals surface area contributed by atoms with Crippen molar-refractivity contribution in [2.24, 2.45) is 5.73 Å². The highest BCUT2D eigenvalue weighted by molar-refractivity contribution is 5.35. The van der Waals surface area contributed by atoms with Gasteiger partial charge in [0.1, 0.15) is 0 Å². The molecule has 2 N–H and O–H groups in total. The molecule has 17 heavy (non-hydrogen) atoms. The Morgan fingerprint density at radius 2 is 2.00 bits per heavy atom. The first-order valence-corrected chi connectivity index (χ1v) is 6.66. The fraction of sp³-hybridized carbons (Fsp3) is 0.600. The maximum atomic E-state index is 6.17. The summed E-state index contributed by atoms with van der Waals surface area (Å²) in [5.74, 6) is 0. The number of fused-ring (bicyclic) bond motifs is 1. The van der Waals surface area contributed by atoms with Gasteiger partial charge in [-0.05, 0) is 69.4 Å². The largest absolute Gasteiger partial charge is 0.327 e. The lowest BCUT2D eigenvalue weighted by molar-refractivity contribution is 0.379. The predicted molar refractivity (Wildman–Crippen MR) is 73.3 cm³/mol. The molecule has 0 radical (unpaired) electrons. The molecular formula is C15H24N2. The number of aryl methyl sites for hydroxylation is 2. The molecule has 2 heteroatoms. The summed E-state index contributed by atoms with van der Waals surface area (Å²) in [6, 6.07) is 7.23. The van der Waals surface area contributed by atoms with Crippen LogP contribution in [-0.2, 0) is 19.3 Å². The van der Waals surface area contributed by atoms with Crippen LogP contribution in [0.2, 0.25) is 0 Å². The molecule has 94 valence electrons. The van der Waals surface area contributed by atoms with E-state index in [0.29, 0.717) is 0 Å². The molecular weight excluding hydrogens is 208 g/mol. The quantitative estimate of drug-likeness (QED) is 0.841. The van der Waals surface area contributed by atoms with Crippen LogP contribution in [0.5, 0.6) is 0 Å². The zero-order valence-corrected chi connectivity index (χ0v) is 11.1. The van der Waals surface area contributed by atoms with Crippen LogP contribution in [0.3, 0.4) is 0 Å². The number of nitrogens with two attached hydrogens (primary N) is 1. The molecule has 2 nitrogen and oxygen atoms in total. The minimum absolute atomic E-state index is 0.289. The van der Waals surface area contributed by atoms with E-state index in [1.165, 1.54) is 24.8 Å². The van der Waals surface area contributed by atoms with Gasteiger partial charge in [0, 0.05) is 6.04 Å². The van der Waals surface area contributed by atoms with Crippen molar-refractivity contribution < 1.29 is 0 Å². The maximum Gasteiger partial charge on any atom is 0.00914 e. The van der Waals surface area contributed by atoms with E-state index in [-0.39, 0.29) is 6.04 Å². The molecule has 0 saturated heterocycles. The van der Waals surface area contributed by atoms with Crippen molar-refractivity contribution in [1.29, 1.82) is 0 Å². The highest BCUT2D eigenvalue weighted by Gasteiger charge is 2.12. The molecule has 0 bridgehead atoms. The van der Waals surface area contributed by atoms with E-state index in [9.17, 15) is 0 Å². The predicted octanol–water partition coefficient (Wildman–Crippen LogP) is 2.00. The first kappa shape index (κ1) is 12.6. The summed E-state index contributed by atoms with van der Waals surface area (Å²) >= 11 is 0. The SMILES string of the molecule is CN(C)CCC(N)Cc1ccc2c(c1)CCC2. The van der Waals surface area contributed by atoms with Crippen LogP contribution < -0.4 is 5.73 Å². The van der Waals surface area contributed by atoms with E-state index in [1.54, 1.807) is 11.1 Å². The Hall–Kier alpha value is -0.860. The average Bonchev–Trinajstić information content (AvgIpc) is 2.73. The van der Waals surface area contributed by atoms with Crippen molar-refractivity contribution in [3.05, 3.63) is 34.9 Å². The molecule has 0 amide bonds. The van der Waals surface area contributed by atoms with E-state index < -0.39 is 0 Å². The molecule has 1 unspecified atom stereocenters. The number of hydrogen-bond acceptors (Lipinski definition) is 2. The van der Waals surface area contributed by atoms with Gasteiger partial charge < -0.3 is 10.6 Å². The van der Waals surface area contributed by atoms with Crippen LogP contribution in [0, 0.1) is 0 Å². The van der Waals surface area contributed by atoms with E-state index in [0.717, 1.165) is 19.4 Å². The molecule has 1 aliphatic rings. The fourth-order valence-corrected chi connectivity index (χ4v) is 2.58. The molecule has 0 spiro atoms. The lowest BCUT2D eigenvalue weighted by atomic mass is 10.00.